The van der Waals surface area contributed by atoms with Gasteiger partial charge in [-0.1, -0.05) is 0 Å². The van der Waals surface area contributed by atoms with Crippen LogP contribution in [0, 0.1) is 6.92 Å². The molecule has 0 unspecified atom stereocenters. The molecule has 1 aromatic rings. The maximum atomic E-state index is 12.7. The third-order valence-electron chi connectivity index (χ3n) is 2.84. The van der Waals surface area contributed by atoms with Gasteiger partial charge in [0.15, 0.2) is 0 Å². The first-order valence-corrected chi connectivity index (χ1v) is 7.65. The predicted octanol–water partition coefficient (Wildman–Crippen LogP) is -0.540. The van der Waals surface area contributed by atoms with Crippen molar-refractivity contribution in [2.24, 2.45) is 5.73 Å². The van der Waals surface area contributed by atoms with Gasteiger partial charge in [-0.3, -0.25) is 5.10 Å². The molecule has 20 heavy (non-hydrogen) atoms. The average molecular weight is 306 g/mol. The molecule has 0 saturated heterocycles. The fraction of sp³-hybridized carbons (Fsp3) is 0.727. The fourth-order valence-corrected chi connectivity index (χ4v) is 3.56. The SMILES string of the molecule is COCCN(CCOC)S(=O)(=O)c1c(CN)n[nH]c1C. The third-order valence-corrected chi connectivity index (χ3v) is 4.94. The van der Waals surface area contributed by atoms with E-state index >= 15 is 0 Å². The number of H-pyrrole nitrogens is 1. The van der Waals surface area contributed by atoms with Crippen molar-refractivity contribution in [1.82, 2.24) is 14.5 Å². The second-order valence-electron chi connectivity index (χ2n) is 4.22. The molecule has 0 bridgehead atoms. The summed E-state index contributed by atoms with van der Waals surface area (Å²) in [5.74, 6) is 0. The van der Waals surface area contributed by atoms with Crippen molar-refractivity contribution in [1.29, 1.82) is 0 Å². The number of ether oxygens (including phenoxy) is 2. The molecule has 3 N–H and O–H groups in total. The Morgan fingerprint density at radius 2 is 1.80 bits per heavy atom. The van der Waals surface area contributed by atoms with Crippen LogP contribution in [0.1, 0.15) is 11.4 Å². The Kier molecular flexibility index (Phi) is 6.56. The molecule has 116 valence electrons. The van der Waals surface area contributed by atoms with Crippen molar-refractivity contribution in [3.8, 4) is 0 Å². The van der Waals surface area contributed by atoms with Crippen molar-refractivity contribution in [2.45, 2.75) is 18.4 Å². The molecule has 0 aromatic carbocycles. The normalized spacial score (nSPS) is 12.2. The topological polar surface area (TPSA) is 111 Å². The Labute approximate surface area is 119 Å². The van der Waals surface area contributed by atoms with Gasteiger partial charge >= 0.3 is 0 Å². The molecule has 0 spiro atoms. The summed E-state index contributed by atoms with van der Waals surface area (Å²) in [4.78, 5) is 0.146. The Hall–Kier alpha value is -1.00. The fourth-order valence-electron chi connectivity index (χ4n) is 1.82. The highest BCUT2D eigenvalue weighted by atomic mass is 32.2. The predicted molar refractivity (Wildman–Crippen MR) is 73.7 cm³/mol. The standard InChI is InChI=1S/C11H22N4O4S/c1-9-11(10(8-12)14-13-9)20(16,17)15(4-6-18-2)5-7-19-3/h4-8,12H2,1-3H3,(H,13,14). The van der Waals surface area contributed by atoms with E-state index in [1.54, 1.807) is 6.92 Å². The van der Waals surface area contributed by atoms with Gasteiger partial charge in [0.1, 0.15) is 4.90 Å². The summed E-state index contributed by atoms with van der Waals surface area (Å²) in [6, 6.07) is 0. The quantitative estimate of drug-likeness (QED) is 0.634. The summed E-state index contributed by atoms with van der Waals surface area (Å²) in [5.41, 5.74) is 6.36. The third kappa shape index (κ3) is 3.76. The lowest BCUT2D eigenvalue weighted by Crippen LogP contribution is -2.37. The van der Waals surface area contributed by atoms with Crippen LogP contribution >= 0.6 is 0 Å². The number of sulfonamides is 1. The molecule has 8 nitrogen and oxygen atoms in total. The van der Waals surface area contributed by atoms with E-state index < -0.39 is 10.0 Å². The summed E-state index contributed by atoms with van der Waals surface area (Å²) in [5, 5.41) is 6.59. The van der Waals surface area contributed by atoms with E-state index in [2.05, 4.69) is 10.2 Å². The van der Waals surface area contributed by atoms with Gasteiger partial charge in [0.2, 0.25) is 10.0 Å². The minimum absolute atomic E-state index is 0.0568. The van der Waals surface area contributed by atoms with E-state index in [-0.39, 0.29) is 24.5 Å². The zero-order valence-electron chi connectivity index (χ0n) is 12.0. The van der Waals surface area contributed by atoms with Gasteiger partial charge in [0.25, 0.3) is 0 Å². The van der Waals surface area contributed by atoms with Crippen LogP contribution in [0.3, 0.4) is 0 Å². The Bertz CT molecular complexity index is 506. The van der Waals surface area contributed by atoms with E-state index in [0.717, 1.165) is 0 Å². The van der Waals surface area contributed by atoms with Gasteiger partial charge in [-0.2, -0.15) is 9.40 Å². The van der Waals surface area contributed by atoms with Crippen LogP contribution in [0.15, 0.2) is 4.90 Å². The number of methoxy groups -OCH3 is 2. The molecule has 9 heteroatoms. The molecule has 0 aliphatic heterocycles. The second-order valence-corrected chi connectivity index (χ2v) is 6.09. The summed E-state index contributed by atoms with van der Waals surface area (Å²) >= 11 is 0. The van der Waals surface area contributed by atoms with Crippen molar-refractivity contribution in [3.63, 3.8) is 0 Å². The zero-order valence-corrected chi connectivity index (χ0v) is 12.9. The van der Waals surface area contributed by atoms with Crippen LogP contribution in [0.25, 0.3) is 0 Å². The average Bonchev–Trinajstić information content (AvgIpc) is 2.80. The molecule has 0 aliphatic carbocycles. The van der Waals surface area contributed by atoms with Crippen LogP contribution < -0.4 is 5.73 Å². The number of hydrogen-bond acceptors (Lipinski definition) is 6. The number of nitrogens with zero attached hydrogens (tertiary/aromatic N) is 2. The number of aryl methyl sites for hydroxylation is 1. The molecule has 0 aliphatic rings. The van der Waals surface area contributed by atoms with Crippen LogP contribution in [-0.4, -0.2) is 63.4 Å². The molecular weight excluding hydrogens is 284 g/mol. The molecule has 1 heterocycles. The highest BCUT2D eigenvalue weighted by Crippen LogP contribution is 2.21. The van der Waals surface area contributed by atoms with E-state index in [4.69, 9.17) is 15.2 Å². The second kappa shape index (κ2) is 7.70. The van der Waals surface area contributed by atoms with E-state index in [9.17, 15) is 8.42 Å². The summed E-state index contributed by atoms with van der Waals surface area (Å²) in [7, 11) is -0.629. The van der Waals surface area contributed by atoms with Crippen molar-refractivity contribution in [2.75, 3.05) is 40.5 Å². The van der Waals surface area contributed by atoms with Crippen LogP contribution in [0.2, 0.25) is 0 Å². The molecule has 0 radical (unpaired) electrons. The number of hydrogen-bond donors (Lipinski definition) is 2. The van der Waals surface area contributed by atoms with Gasteiger partial charge in [-0.15, -0.1) is 0 Å². The van der Waals surface area contributed by atoms with E-state index in [1.807, 2.05) is 0 Å². The monoisotopic (exact) mass is 306 g/mol. The van der Waals surface area contributed by atoms with Crippen LogP contribution in [0.4, 0.5) is 0 Å². The number of rotatable bonds is 9. The van der Waals surface area contributed by atoms with Crippen LogP contribution in [-0.2, 0) is 26.0 Å². The zero-order chi connectivity index (χ0) is 15.2. The molecule has 0 atom stereocenters. The van der Waals surface area contributed by atoms with E-state index in [1.165, 1.54) is 18.5 Å². The molecular formula is C11H22N4O4S. The molecule has 0 fully saturated rings. The lowest BCUT2D eigenvalue weighted by molar-refractivity contribution is 0.150. The molecule has 1 aromatic heterocycles. The minimum atomic E-state index is -3.68. The molecule has 1 rings (SSSR count). The summed E-state index contributed by atoms with van der Waals surface area (Å²) in [6.07, 6.45) is 0. The number of nitrogens with two attached hydrogens (primary N) is 1. The first-order valence-electron chi connectivity index (χ1n) is 6.21. The number of aromatic nitrogens is 2. The Balaban J connectivity index is 3.10. The smallest absolute Gasteiger partial charge is 0.246 e. The lowest BCUT2D eigenvalue weighted by atomic mass is 10.4. The van der Waals surface area contributed by atoms with Crippen molar-refractivity contribution < 1.29 is 17.9 Å². The van der Waals surface area contributed by atoms with Gasteiger partial charge in [-0.25, -0.2) is 8.42 Å². The highest BCUT2D eigenvalue weighted by molar-refractivity contribution is 7.89. The van der Waals surface area contributed by atoms with E-state index in [0.29, 0.717) is 24.6 Å². The van der Waals surface area contributed by atoms with Gasteiger partial charge in [-0.05, 0) is 6.92 Å². The van der Waals surface area contributed by atoms with Crippen molar-refractivity contribution >= 4 is 10.0 Å². The maximum absolute atomic E-state index is 12.7. The van der Waals surface area contributed by atoms with Crippen LogP contribution in [0.5, 0.6) is 0 Å². The number of aromatic amines is 1. The summed E-state index contributed by atoms with van der Waals surface area (Å²) < 4.78 is 36.6. The van der Waals surface area contributed by atoms with Gasteiger partial charge < -0.3 is 15.2 Å². The summed E-state index contributed by atoms with van der Waals surface area (Å²) in [6.45, 7) is 2.81. The first kappa shape index (κ1) is 17.1. The van der Waals surface area contributed by atoms with Gasteiger partial charge in [0.05, 0.1) is 24.6 Å². The maximum Gasteiger partial charge on any atom is 0.246 e. The number of nitrogens with one attached hydrogen (secondary N) is 1. The lowest BCUT2D eigenvalue weighted by Gasteiger charge is -2.21. The molecule has 0 amide bonds. The Morgan fingerprint density at radius 3 is 2.25 bits per heavy atom. The largest absolute Gasteiger partial charge is 0.383 e. The van der Waals surface area contributed by atoms with Crippen molar-refractivity contribution in [3.05, 3.63) is 11.4 Å². The van der Waals surface area contributed by atoms with Gasteiger partial charge in [0, 0.05) is 33.9 Å². The Morgan fingerprint density at radius 1 is 1.25 bits per heavy atom. The highest BCUT2D eigenvalue weighted by Gasteiger charge is 2.30. The first-order chi connectivity index (χ1) is 9.48. The molecule has 0 saturated carbocycles. The minimum Gasteiger partial charge on any atom is -0.383 e.